The van der Waals surface area contributed by atoms with Crippen LogP contribution in [0, 0.1) is 5.92 Å². The van der Waals surface area contributed by atoms with E-state index in [0.29, 0.717) is 31.2 Å². The minimum atomic E-state index is 0. The van der Waals surface area contributed by atoms with Gasteiger partial charge in [-0.3, -0.25) is 4.79 Å². The number of hydrogen-bond donors (Lipinski definition) is 2. The first kappa shape index (κ1) is 17.9. The van der Waals surface area contributed by atoms with Gasteiger partial charge in [0.1, 0.15) is 0 Å². The minimum absolute atomic E-state index is 0. The third-order valence-electron chi connectivity index (χ3n) is 3.57. The molecule has 1 fully saturated rings. The van der Waals surface area contributed by atoms with Gasteiger partial charge in [-0.1, -0.05) is 12.1 Å². The van der Waals surface area contributed by atoms with Gasteiger partial charge in [0.2, 0.25) is 11.8 Å². The summed E-state index contributed by atoms with van der Waals surface area (Å²) < 4.78 is 5.14. The lowest BCUT2D eigenvalue weighted by molar-refractivity contribution is -0.122. The fourth-order valence-corrected chi connectivity index (χ4v) is 2.26. The number of aromatic nitrogens is 2. The van der Waals surface area contributed by atoms with Gasteiger partial charge in [0, 0.05) is 31.8 Å². The van der Waals surface area contributed by atoms with Crippen LogP contribution in [0.1, 0.15) is 50.7 Å². The zero-order valence-electron chi connectivity index (χ0n) is 12.5. The number of carbonyl (C=O) groups excluding carboxylic acids is 1. The van der Waals surface area contributed by atoms with Crippen LogP contribution in [0.25, 0.3) is 0 Å². The maximum Gasteiger partial charge on any atom is 0.226 e. The van der Waals surface area contributed by atoms with Gasteiger partial charge >= 0.3 is 0 Å². The molecule has 6 nitrogen and oxygen atoms in total. The van der Waals surface area contributed by atoms with Crippen LogP contribution in [-0.2, 0) is 17.6 Å². The molecule has 1 aromatic rings. The first-order valence-corrected chi connectivity index (χ1v) is 7.53. The topological polar surface area (TPSA) is 94.0 Å². The number of nitrogens with zero attached hydrogens (tertiary/aromatic N) is 2. The summed E-state index contributed by atoms with van der Waals surface area (Å²) in [5, 5.41) is 6.90. The van der Waals surface area contributed by atoms with Crippen LogP contribution in [0.4, 0.5) is 0 Å². The number of halogens is 1. The van der Waals surface area contributed by atoms with E-state index in [9.17, 15) is 4.79 Å². The average molecular weight is 317 g/mol. The number of carbonyl (C=O) groups is 1. The lowest BCUT2D eigenvalue weighted by Gasteiger charge is -2.15. The molecule has 0 radical (unpaired) electrons. The predicted octanol–water partition coefficient (Wildman–Crippen LogP) is 1.62. The molecule has 1 aromatic heterocycles. The number of amides is 1. The molecule has 1 heterocycles. The molecule has 0 aliphatic heterocycles. The second-order valence-electron chi connectivity index (χ2n) is 5.46. The second kappa shape index (κ2) is 9.00. The van der Waals surface area contributed by atoms with Crippen LogP contribution in [0.5, 0.6) is 0 Å². The van der Waals surface area contributed by atoms with Crippen molar-refractivity contribution in [1.29, 1.82) is 0 Å². The van der Waals surface area contributed by atoms with Crippen molar-refractivity contribution in [3.63, 3.8) is 0 Å². The zero-order valence-corrected chi connectivity index (χ0v) is 13.3. The second-order valence-corrected chi connectivity index (χ2v) is 5.46. The molecule has 0 saturated heterocycles. The van der Waals surface area contributed by atoms with E-state index in [4.69, 9.17) is 10.3 Å². The summed E-state index contributed by atoms with van der Waals surface area (Å²) in [6, 6.07) is 0.155. The molecule has 1 unspecified atom stereocenters. The summed E-state index contributed by atoms with van der Waals surface area (Å²) in [7, 11) is 0. The van der Waals surface area contributed by atoms with Crippen LogP contribution in [0.2, 0.25) is 0 Å². The van der Waals surface area contributed by atoms with Crippen molar-refractivity contribution >= 4 is 18.3 Å². The van der Waals surface area contributed by atoms with Crippen LogP contribution < -0.4 is 11.1 Å². The summed E-state index contributed by atoms with van der Waals surface area (Å²) in [4.78, 5) is 16.1. The van der Waals surface area contributed by atoms with E-state index in [1.807, 2.05) is 0 Å². The van der Waals surface area contributed by atoms with Gasteiger partial charge in [-0.05, 0) is 31.6 Å². The van der Waals surface area contributed by atoms with Gasteiger partial charge in [0.15, 0.2) is 5.82 Å². The van der Waals surface area contributed by atoms with Crippen LogP contribution in [-0.4, -0.2) is 28.6 Å². The largest absolute Gasteiger partial charge is 0.352 e. The molecule has 3 N–H and O–H groups in total. The molecule has 0 spiro atoms. The summed E-state index contributed by atoms with van der Waals surface area (Å²) in [6.45, 7) is 2.61. The third kappa shape index (κ3) is 6.01. The Morgan fingerprint density at radius 3 is 2.86 bits per heavy atom. The molecule has 7 heteroatoms. The quantitative estimate of drug-likeness (QED) is 0.722. The molecule has 21 heavy (non-hydrogen) atoms. The molecule has 1 aliphatic carbocycles. The summed E-state index contributed by atoms with van der Waals surface area (Å²) in [5.74, 6) is 2.04. The molecule has 2 rings (SSSR count). The van der Waals surface area contributed by atoms with E-state index in [-0.39, 0.29) is 24.4 Å². The molecule has 0 bridgehead atoms. The Morgan fingerprint density at radius 2 is 2.24 bits per heavy atom. The number of hydrogen-bond acceptors (Lipinski definition) is 5. The first-order valence-electron chi connectivity index (χ1n) is 7.53. The highest BCUT2D eigenvalue weighted by Gasteiger charge is 2.30. The highest BCUT2D eigenvalue weighted by atomic mass is 35.5. The number of nitrogens with two attached hydrogens (primary N) is 1. The number of aryl methyl sites for hydroxylation is 2. The fourth-order valence-electron chi connectivity index (χ4n) is 2.26. The first-order chi connectivity index (χ1) is 9.72. The summed E-state index contributed by atoms with van der Waals surface area (Å²) in [6.07, 6.45) is 6.07. The zero-order chi connectivity index (χ0) is 14.4. The Kier molecular flexibility index (Phi) is 7.67. The van der Waals surface area contributed by atoms with Gasteiger partial charge in [0.05, 0.1) is 0 Å². The SMILES string of the molecule is CCCc1noc(CCCC(=O)NC(CN)C2CC2)n1.Cl. The molecule has 1 amide bonds. The standard InChI is InChI=1S/C14H24N4O2.ClH/c1-2-4-12-17-14(20-18-12)6-3-5-13(19)16-11(9-15)10-7-8-10;/h10-11H,2-9,15H2,1H3,(H,16,19);1H. The molecular formula is C14H25ClN4O2. The Labute approximate surface area is 131 Å². The Bertz CT molecular complexity index is 434. The van der Waals surface area contributed by atoms with Gasteiger partial charge in [0.25, 0.3) is 0 Å². The monoisotopic (exact) mass is 316 g/mol. The Morgan fingerprint density at radius 1 is 1.48 bits per heavy atom. The van der Waals surface area contributed by atoms with Crippen molar-refractivity contribution < 1.29 is 9.32 Å². The lowest BCUT2D eigenvalue weighted by atomic mass is 10.1. The van der Waals surface area contributed by atoms with Crippen LogP contribution in [0.3, 0.4) is 0 Å². The smallest absolute Gasteiger partial charge is 0.226 e. The van der Waals surface area contributed by atoms with Crippen LogP contribution in [0.15, 0.2) is 4.52 Å². The van der Waals surface area contributed by atoms with Gasteiger partial charge in [-0.2, -0.15) is 4.98 Å². The van der Waals surface area contributed by atoms with Crippen molar-refractivity contribution in [1.82, 2.24) is 15.5 Å². The predicted molar refractivity (Wildman–Crippen MR) is 82.2 cm³/mol. The summed E-state index contributed by atoms with van der Waals surface area (Å²) in [5.41, 5.74) is 5.66. The number of rotatable bonds is 9. The normalized spacial score (nSPS) is 15.3. The molecular weight excluding hydrogens is 292 g/mol. The number of nitrogens with one attached hydrogen (secondary N) is 1. The van der Waals surface area contributed by atoms with Crippen molar-refractivity contribution in [2.24, 2.45) is 11.7 Å². The molecule has 0 aromatic carbocycles. The van der Waals surface area contributed by atoms with E-state index in [1.54, 1.807) is 0 Å². The molecule has 120 valence electrons. The maximum absolute atomic E-state index is 11.8. The molecule has 1 saturated carbocycles. The van der Waals surface area contributed by atoms with E-state index in [2.05, 4.69) is 22.4 Å². The van der Waals surface area contributed by atoms with E-state index < -0.39 is 0 Å². The van der Waals surface area contributed by atoms with Crippen molar-refractivity contribution in [2.75, 3.05) is 6.54 Å². The molecule has 1 atom stereocenters. The Hall–Kier alpha value is -1.14. The van der Waals surface area contributed by atoms with Crippen molar-refractivity contribution in [3.8, 4) is 0 Å². The highest BCUT2D eigenvalue weighted by Crippen LogP contribution is 2.32. The van der Waals surface area contributed by atoms with E-state index in [1.165, 1.54) is 12.8 Å². The van der Waals surface area contributed by atoms with E-state index >= 15 is 0 Å². The minimum Gasteiger partial charge on any atom is -0.352 e. The summed E-state index contributed by atoms with van der Waals surface area (Å²) >= 11 is 0. The third-order valence-corrected chi connectivity index (χ3v) is 3.57. The van der Waals surface area contributed by atoms with Crippen molar-refractivity contribution in [2.45, 2.75) is 57.9 Å². The molecule has 1 aliphatic rings. The fraction of sp³-hybridized carbons (Fsp3) is 0.786. The Balaban J connectivity index is 0.00000220. The van der Waals surface area contributed by atoms with Crippen LogP contribution >= 0.6 is 12.4 Å². The average Bonchev–Trinajstić information content (AvgIpc) is 3.18. The lowest BCUT2D eigenvalue weighted by Crippen LogP contribution is -2.41. The van der Waals surface area contributed by atoms with E-state index in [0.717, 1.165) is 25.1 Å². The van der Waals surface area contributed by atoms with Gasteiger partial charge < -0.3 is 15.6 Å². The van der Waals surface area contributed by atoms with Gasteiger partial charge in [-0.25, -0.2) is 0 Å². The maximum atomic E-state index is 11.8. The highest BCUT2D eigenvalue weighted by molar-refractivity contribution is 5.85. The van der Waals surface area contributed by atoms with Crippen molar-refractivity contribution in [3.05, 3.63) is 11.7 Å². The van der Waals surface area contributed by atoms with Gasteiger partial charge in [-0.15, -0.1) is 12.4 Å².